The number of hydrogen-bond acceptors (Lipinski definition) is 3. The van der Waals surface area contributed by atoms with E-state index in [1.807, 2.05) is 22.7 Å². The Morgan fingerprint density at radius 1 is 1.15 bits per heavy atom. The predicted molar refractivity (Wildman–Crippen MR) is 90.9 cm³/mol. The highest BCUT2D eigenvalue weighted by Gasteiger charge is 2.07. The maximum atomic E-state index is 3.65. The zero-order valence-electron chi connectivity index (χ0n) is 11.8. The van der Waals surface area contributed by atoms with Crippen molar-refractivity contribution in [2.45, 2.75) is 32.9 Å². The molecule has 0 amide bonds. The van der Waals surface area contributed by atoms with Crippen molar-refractivity contribution in [3.05, 3.63) is 57.1 Å². The SMILES string of the molecule is Cc1ccc(CC(C)NCc2csc3ccccc23)s1. The van der Waals surface area contributed by atoms with Gasteiger partial charge in [0.25, 0.3) is 0 Å². The van der Waals surface area contributed by atoms with Gasteiger partial charge in [-0.15, -0.1) is 22.7 Å². The highest BCUT2D eigenvalue weighted by molar-refractivity contribution is 7.17. The first-order chi connectivity index (χ1) is 9.72. The fourth-order valence-electron chi connectivity index (χ4n) is 2.42. The van der Waals surface area contributed by atoms with Gasteiger partial charge < -0.3 is 5.32 Å². The minimum absolute atomic E-state index is 0.506. The summed E-state index contributed by atoms with van der Waals surface area (Å²) in [5, 5.41) is 7.32. The van der Waals surface area contributed by atoms with E-state index < -0.39 is 0 Å². The van der Waals surface area contributed by atoms with Crippen LogP contribution in [0.1, 0.15) is 22.2 Å². The van der Waals surface area contributed by atoms with Crippen LogP contribution in [0, 0.1) is 6.92 Å². The minimum Gasteiger partial charge on any atom is -0.310 e. The summed E-state index contributed by atoms with van der Waals surface area (Å²) in [6.45, 7) is 5.39. The number of thiophene rings is 2. The van der Waals surface area contributed by atoms with E-state index in [1.54, 1.807) is 0 Å². The summed E-state index contributed by atoms with van der Waals surface area (Å²) in [5.41, 5.74) is 1.42. The molecule has 3 heteroatoms. The Labute approximate surface area is 128 Å². The Kier molecular flexibility index (Phi) is 4.20. The molecule has 3 rings (SSSR count). The summed E-state index contributed by atoms with van der Waals surface area (Å²) >= 11 is 3.74. The van der Waals surface area contributed by atoms with E-state index in [2.05, 4.69) is 60.9 Å². The van der Waals surface area contributed by atoms with Crippen molar-refractivity contribution in [2.24, 2.45) is 0 Å². The molecule has 0 aliphatic heterocycles. The topological polar surface area (TPSA) is 12.0 Å². The molecule has 0 spiro atoms. The third kappa shape index (κ3) is 3.11. The van der Waals surface area contributed by atoms with Crippen LogP contribution < -0.4 is 5.32 Å². The van der Waals surface area contributed by atoms with Gasteiger partial charge in [0.1, 0.15) is 0 Å². The average Bonchev–Trinajstić information content (AvgIpc) is 3.03. The monoisotopic (exact) mass is 301 g/mol. The van der Waals surface area contributed by atoms with Crippen molar-refractivity contribution in [3.63, 3.8) is 0 Å². The molecule has 0 aliphatic carbocycles. The first-order valence-electron chi connectivity index (χ1n) is 6.96. The molecule has 0 saturated carbocycles. The Bertz CT molecular complexity index is 696. The number of rotatable bonds is 5. The normalized spacial score (nSPS) is 12.9. The number of hydrogen-bond donors (Lipinski definition) is 1. The van der Waals surface area contributed by atoms with E-state index in [9.17, 15) is 0 Å². The number of aryl methyl sites for hydroxylation is 1. The first-order valence-corrected chi connectivity index (χ1v) is 8.66. The second-order valence-corrected chi connectivity index (χ2v) is 7.54. The van der Waals surface area contributed by atoms with E-state index in [4.69, 9.17) is 0 Å². The van der Waals surface area contributed by atoms with Gasteiger partial charge in [-0.25, -0.2) is 0 Å². The van der Waals surface area contributed by atoms with Gasteiger partial charge in [0.2, 0.25) is 0 Å². The highest BCUT2D eigenvalue weighted by Crippen LogP contribution is 2.25. The van der Waals surface area contributed by atoms with Gasteiger partial charge >= 0.3 is 0 Å². The summed E-state index contributed by atoms with van der Waals surface area (Å²) in [5.74, 6) is 0. The molecule has 0 saturated heterocycles. The van der Waals surface area contributed by atoms with Gasteiger partial charge in [-0.2, -0.15) is 0 Å². The molecule has 1 aromatic carbocycles. The minimum atomic E-state index is 0.506. The fraction of sp³-hybridized carbons (Fsp3) is 0.294. The molecule has 2 heterocycles. The third-order valence-electron chi connectivity index (χ3n) is 3.51. The first kappa shape index (κ1) is 13.8. The van der Waals surface area contributed by atoms with Crippen molar-refractivity contribution in [3.8, 4) is 0 Å². The smallest absolute Gasteiger partial charge is 0.0346 e. The van der Waals surface area contributed by atoms with Crippen molar-refractivity contribution in [2.75, 3.05) is 0 Å². The quantitative estimate of drug-likeness (QED) is 0.700. The van der Waals surface area contributed by atoms with Gasteiger partial charge in [0, 0.05) is 27.0 Å². The molecule has 0 aliphatic rings. The van der Waals surface area contributed by atoms with Crippen molar-refractivity contribution in [1.29, 1.82) is 0 Å². The fourth-order valence-corrected chi connectivity index (χ4v) is 4.40. The van der Waals surface area contributed by atoms with Crippen LogP contribution in [0.5, 0.6) is 0 Å². The van der Waals surface area contributed by atoms with E-state index in [-0.39, 0.29) is 0 Å². The molecule has 0 bridgehead atoms. The number of nitrogens with one attached hydrogen (secondary N) is 1. The molecule has 20 heavy (non-hydrogen) atoms. The highest BCUT2D eigenvalue weighted by atomic mass is 32.1. The van der Waals surface area contributed by atoms with Crippen LogP contribution in [0.15, 0.2) is 41.8 Å². The second kappa shape index (κ2) is 6.08. The largest absolute Gasteiger partial charge is 0.310 e. The van der Waals surface area contributed by atoms with Crippen molar-refractivity contribution < 1.29 is 0 Å². The Morgan fingerprint density at radius 2 is 2.00 bits per heavy atom. The number of benzene rings is 1. The summed E-state index contributed by atoms with van der Waals surface area (Å²) in [6, 6.07) is 13.6. The van der Waals surface area contributed by atoms with Gasteiger partial charge in [0.05, 0.1) is 0 Å². The van der Waals surface area contributed by atoms with Crippen LogP contribution in [0.3, 0.4) is 0 Å². The molecule has 1 nitrogen and oxygen atoms in total. The summed E-state index contributed by atoms with van der Waals surface area (Å²) in [6.07, 6.45) is 1.11. The standard InChI is InChI=1S/C17H19NS2/c1-12(9-15-8-7-13(2)20-15)18-10-14-11-19-17-6-4-3-5-16(14)17/h3-8,11-12,18H,9-10H2,1-2H3. The molecule has 2 aromatic heterocycles. The van der Waals surface area contributed by atoms with Gasteiger partial charge in [-0.1, -0.05) is 18.2 Å². The van der Waals surface area contributed by atoms with Crippen LogP contribution in [0.4, 0.5) is 0 Å². The maximum absolute atomic E-state index is 3.65. The van der Waals surface area contributed by atoms with E-state index in [1.165, 1.54) is 25.4 Å². The predicted octanol–water partition coefficient (Wildman–Crippen LogP) is 4.99. The zero-order valence-corrected chi connectivity index (χ0v) is 13.5. The summed E-state index contributed by atoms with van der Waals surface area (Å²) in [4.78, 5) is 2.87. The van der Waals surface area contributed by atoms with Crippen LogP contribution in [0.25, 0.3) is 10.1 Å². The molecular formula is C17H19NS2. The molecule has 104 valence electrons. The summed E-state index contributed by atoms with van der Waals surface area (Å²) < 4.78 is 1.38. The lowest BCUT2D eigenvalue weighted by Gasteiger charge is -2.12. The molecule has 1 N–H and O–H groups in total. The molecule has 1 atom stereocenters. The number of fused-ring (bicyclic) bond motifs is 1. The maximum Gasteiger partial charge on any atom is 0.0346 e. The van der Waals surface area contributed by atoms with Gasteiger partial charge in [-0.05, 0) is 54.8 Å². The Morgan fingerprint density at radius 3 is 2.80 bits per heavy atom. The van der Waals surface area contributed by atoms with E-state index in [0.717, 1.165) is 13.0 Å². The lowest BCUT2D eigenvalue weighted by molar-refractivity contribution is 0.550. The van der Waals surface area contributed by atoms with Gasteiger partial charge in [0.15, 0.2) is 0 Å². The van der Waals surface area contributed by atoms with E-state index >= 15 is 0 Å². The summed E-state index contributed by atoms with van der Waals surface area (Å²) in [7, 11) is 0. The van der Waals surface area contributed by atoms with Crippen molar-refractivity contribution in [1.82, 2.24) is 5.32 Å². The lowest BCUT2D eigenvalue weighted by Crippen LogP contribution is -2.27. The zero-order chi connectivity index (χ0) is 13.9. The molecule has 0 radical (unpaired) electrons. The Balaban J connectivity index is 1.61. The average molecular weight is 301 g/mol. The molecule has 1 unspecified atom stereocenters. The molecule has 3 aromatic rings. The Hall–Kier alpha value is -1.16. The lowest BCUT2D eigenvalue weighted by atomic mass is 10.1. The van der Waals surface area contributed by atoms with Crippen LogP contribution in [-0.2, 0) is 13.0 Å². The van der Waals surface area contributed by atoms with Crippen molar-refractivity contribution >= 4 is 32.8 Å². The van der Waals surface area contributed by atoms with Crippen LogP contribution >= 0.6 is 22.7 Å². The molecular weight excluding hydrogens is 282 g/mol. The van der Waals surface area contributed by atoms with Gasteiger partial charge in [-0.3, -0.25) is 0 Å². The van der Waals surface area contributed by atoms with E-state index in [0.29, 0.717) is 6.04 Å². The second-order valence-electron chi connectivity index (χ2n) is 5.26. The van der Waals surface area contributed by atoms with Crippen LogP contribution in [0.2, 0.25) is 0 Å². The third-order valence-corrected chi connectivity index (χ3v) is 5.54. The van der Waals surface area contributed by atoms with Crippen LogP contribution in [-0.4, -0.2) is 6.04 Å². The molecule has 0 fully saturated rings.